The highest BCUT2D eigenvalue weighted by Gasteiger charge is 2.91. The quantitative estimate of drug-likeness (QED) is 0.491. The van der Waals surface area contributed by atoms with Gasteiger partial charge in [-0.15, -0.1) is 0 Å². The fraction of sp³-hybridized carbons (Fsp3) is 1.00. The molecule has 2 atom stereocenters. The minimum Gasteiger partial charge on any atom is -0.0588 e. The molecular weight excluding hydrogens is 228 g/mol. The SMILES string of the molecule is CC1(C)C(C)(C)C(C)(C)C2(C)C(C)(C)C2(C)C1(C)C. The maximum absolute atomic E-state index is 2.56. The Morgan fingerprint density at radius 3 is 0.684 bits per heavy atom. The summed E-state index contributed by atoms with van der Waals surface area (Å²) in [6.07, 6.45) is 0. The van der Waals surface area contributed by atoms with Gasteiger partial charge in [-0.2, -0.15) is 0 Å². The highest BCUT2D eigenvalue weighted by molar-refractivity contribution is 5.38. The number of hydrogen-bond donors (Lipinski definition) is 0. The molecule has 0 aliphatic heterocycles. The number of rotatable bonds is 0. The maximum atomic E-state index is 2.56. The highest BCUT2D eigenvalue weighted by atomic mass is 14.9. The summed E-state index contributed by atoms with van der Waals surface area (Å²) in [5, 5.41) is 0. The molecule has 2 aliphatic rings. The molecule has 0 saturated heterocycles. The van der Waals surface area contributed by atoms with Crippen molar-refractivity contribution in [1.29, 1.82) is 0 Å². The second-order valence-corrected chi connectivity index (χ2v) is 10.4. The van der Waals surface area contributed by atoms with E-state index in [1.165, 1.54) is 0 Å². The normalized spacial score (nSPS) is 47.4. The van der Waals surface area contributed by atoms with Gasteiger partial charge in [0.25, 0.3) is 0 Å². The van der Waals surface area contributed by atoms with E-state index >= 15 is 0 Å². The van der Waals surface area contributed by atoms with Crippen LogP contribution in [0, 0.1) is 37.9 Å². The molecule has 0 heteroatoms. The molecule has 0 heterocycles. The van der Waals surface area contributed by atoms with Gasteiger partial charge in [0.1, 0.15) is 0 Å². The smallest absolute Gasteiger partial charge is 0.0148 e. The first-order valence-electron chi connectivity index (χ1n) is 8.00. The monoisotopic (exact) mass is 264 g/mol. The van der Waals surface area contributed by atoms with E-state index in [-0.39, 0.29) is 0 Å². The third kappa shape index (κ3) is 0.940. The van der Waals surface area contributed by atoms with Gasteiger partial charge in [-0.05, 0) is 37.9 Å². The van der Waals surface area contributed by atoms with Crippen molar-refractivity contribution in [1.82, 2.24) is 0 Å². The van der Waals surface area contributed by atoms with Crippen LogP contribution in [0.1, 0.15) is 83.1 Å². The van der Waals surface area contributed by atoms with Crippen LogP contribution in [-0.2, 0) is 0 Å². The standard InChI is InChI=1S/C19H36/c1-13(2)14(3,4)16(7,8)19(12)17(9,10)18(19,11)15(13,5)6/h1-12H3. The average molecular weight is 264 g/mol. The van der Waals surface area contributed by atoms with E-state index in [0.29, 0.717) is 37.9 Å². The van der Waals surface area contributed by atoms with E-state index in [2.05, 4.69) is 83.1 Å². The molecule has 2 rings (SSSR count). The number of fused-ring (bicyclic) bond motifs is 1. The van der Waals surface area contributed by atoms with E-state index in [0.717, 1.165) is 0 Å². The summed E-state index contributed by atoms with van der Waals surface area (Å²) in [5.41, 5.74) is 2.48. The molecule has 0 aromatic heterocycles. The maximum Gasteiger partial charge on any atom is -0.0148 e. The van der Waals surface area contributed by atoms with Crippen LogP contribution in [0.3, 0.4) is 0 Å². The second kappa shape index (κ2) is 2.95. The lowest BCUT2D eigenvalue weighted by Gasteiger charge is -2.68. The topological polar surface area (TPSA) is 0 Å². The summed E-state index contributed by atoms with van der Waals surface area (Å²) in [7, 11) is 0. The average Bonchev–Trinajstić information content (AvgIpc) is 2.59. The molecule has 0 aromatic rings. The summed E-state index contributed by atoms with van der Waals surface area (Å²) in [6, 6.07) is 0. The molecular formula is C19H36. The molecule has 0 bridgehead atoms. The first-order valence-corrected chi connectivity index (χ1v) is 8.00. The minimum absolute atomic E-state index is 0.311. The minimum atomic E-state index is 0.311. The van der Waals surface area contributed by atoms with E-state index < -0.39 is 0 Å². The van der Waals surface area contributed by atoms with Crippen molar-refractivity contribution in [3.05, 3.63) is 0 Å². The Morgan fingerprint density at radius 1 is 0.263 bits per heavy atom. The third-order valence-electron chi connectivity index (χ3n) is 10.6. The zero-order valence-corrected chi connectivity index (χ0v) is 15.5. The zero-order valence-electron chi connectivity index (χ0n) is 15.5. The van der Waals surface area contributed by atoms with Crippen LogP contribution in [0.4, 0.5) is 0 Å². The van der Waals surface area contributed by atoms with Gasteiger partial charge >= 0.3 is 0 Å². The first kappa shape index (κ1) is 15.4. The Morgan fingerprint density at radius 2 is 0.474 bits per heavy atom. The molecule has 2 aliphatic carbocycles. The predicted molar refractivity (Wildman–Crippen MR) is 85.1 cm³/mol. The van der Waals surface area contributed by atoms with Crippen molar-refractivity contribution in [2.24, 2.45) is 37.9 Å². The Bertz CT molecular complexity index is 393. The Hall–Kier alpha value is 0. The van der Waals surface area contributed by atoms with Crippen LogP contribution in [0.25, 0.3) is 0 Å². The molecule has 2 saturated carbocycles. The summed E-state index contributed by atoms with van der Waals surface area (Å²) in [4.78, 5) is 0. The van der Waals surface area contributed by atoms with Crippen molar-refractivity contribution in [3.63, 3.8) is 0 Å². The molecule has 0 spiro atoms. The number of hydrogen-bond acceptors (Lipinski definition) is 0. The molecule has 0 aromatic carbocycles. The molecule has 0 amide bonds. The van der Waals surface area contributed by atoms with Crippen LogP contribution in [0.15, 0.2) is 0 Å². The van der Waals surface area contributed by atoms with Crippen molar-refractivity contribution >= 4 is 0 Å². The first-order chi connectivity index (χ1) is 8.00. The van der Waals surface area contributed by atoms with Gasteiger partial charge in [0.2, 0.25) is 0 Å². The Kier molecular flexibility index (Phi) is 2.39. The molecule has 0 radical (unpaired) electrons. The molecule has 2 fully saturated rings. The molecule has 0 N–H and O–H groups in total. The van der Waals surface area contributed by atoms with Crippen LogP contribution >= 0.6 is 0 Å². The van der Waals surface area contributed by atoms with Crippen LogP contribution in [0.5, 0.6) is 0 Å². The van der Waals surface area contributed by atoms with Crippen LogP contribution in [-0.4, -0.2) is 0 Å². The van der Waals surface area contributed by atoms with Crippen LogP contribution in [0.2, 0.25) is 0 Å². The molecule has 112 valence electrons. The predicted octanol–water partition coefficient (Wildman–Crippen LogP) is 6.16. The fourth-order valence-corrected chi connectivity index (χ4v) is 6.97. The van der Waals surface area contributed by atoms with Gasteiger partial charge in [-0.25, -0.2) is 0 Å². The van der Waals surface area contributed by atoms with Gasteiger partial charge in [0.05, 0.1) is 0 Å². The van der Waals surface area contributed by atoms with Crippen LogP contribution < -0.4 is 0 Å². The fourth-order valence-electron chi connectivity index (χ4n) is 6.97. The van der Waals surface area contributed by atoms with Gasteiger partial charge in [-0.3, -0.25) is 0 Å². The Balaban J connectivity index is 2.84. The van der Waals surface area contributed by atoms with E-state index in [4.69, 9.17) is 0 Å². The van der Waals surface area contributed by atoms with Gasteiger partial charge in [0.15, 0.2) is 0 Å². The van der Waals surface area contributed by atoms with E-state index in [1.54, 1.807) is 0 Å². The molecule has 0 nitrogen and oxygen atoms in total. The molecule has 19 heavy (non-hydrogen) atoms. The van der Waals surface area contributed by atoms with Crippen molar-refractivity contribution in [2.45, 2.75) is 83.1 Å². The lowest BCUT2D eigenvalue weighted by Crippen LogP contribution is -2.62. The molecule has 2 unspecified atom stereocenters. The lowest BCUT2D eigenvalue weighted by molar-refractivity contribution is -0.204. The lowest BCUT2D eigenvalue weighted by atomic mass is 9.36. The van der Waals surface area contributed by atoms with Crippen molar-refractivity contribution in [3.8, 4) is 0 Å². The summed E-state index contributed by atoms with van der Waals surface area (Å²) in [5.74, 6) is 0. The highest BCUT2D eigenvalue weighted by Crippen LogP contribution is 2.96. The van der Waals surface area contributed by atoms with Crippen molar-refractivity contribution < 1.29 is 0 Å². The van der Waals surface area contributed by atoms with Gasteiger partial charge in [-0.1, -0.05) is 83.1 Å². The van der Waals surface area contributed by atoms with Gasteiger partial charge < -0.3 is 0 Å². The van der Waals surface area contributed by atoms with E-state index in [9.17, 15) is 0 Å². The summed E-state index contributed by atoms with van der Waals surface area (Å²) < 4.78 is 0. The largest absolute Gasteiger partial charge is 0.0588 e. The van der Waals surface area contributed by atoms with E-state index in [1.807, 2.05) is 0 Å². The summed E-state index contributed by atoms with van der Waals surface area (Å²) in [6.45, 7) is 30.3. The van der Waals surface area contributed by atoms with Crippen molar-refractivity contribution in [2.75, 3.05) is 0 Å². The van der Waals surface area contributed by atoms with Gasteiger partial charge in [0, 0.05) is 0 Å². The summed E-state index contributed by atoms with van der Waals surface area (Å²) >= 11 is 0. The second-order valence-electron chi connectivity index (χ2n) is 10.4. The zero-order chi connectivity index (χ0) is 15.5. The Labute approximate surface area is 121 Å². The third-order valence-corrected chi connectivity index (χ3v) is 10.6.